The highest BCUT2D eigenvalue weighted by atomic mass is 79.9. The Labute approximate surface area is 150 Å². The van der Waals surface area contributed by atoms with E-state index in [9.17, 15) is 0 Å². The Hall–Kier alpha value is -1.18. The summed E-state index contributed by atoms with van der Waals surface area (Å²) in [5.41, 5.74) is 0. The monoisotopic (exact) mass is 395 g/mol. The zero-order chi connectivity index (χ0) is 16.4. The molecule has 1 aliphatic heterocycles. The molecular formula is C16H22BrN5S. The molecule has 124 valence electrons. The van der Waals surface area contributed by atoms with Crippen molar-refractivity contribution in [2.24, 2.45) is 0 Å². The molecule has 1 fully saturated rings. The Balaban J connectivity index is 1.63. The molecule has 0 radical (unpaired) electrons. The molecule has 0 aliphatic carbocycles. The lowest BCUT2D eigenvalue weighted by molar-refractivity contribution is 0.328. The standard InChI is InChI=1S/C16H22BrN5S/c1-20(2)16-18-6-4-15(19-16)21(3)13-5-7-22(9-13)10-14-8-12(17)11-23-14/h4,6,8,11,13H,5,7,9-10H2,1-3H3. The fraction of sp³-hybridized carbons (Fsp3) is 0.500. The summed E-state index contributed by atoms with van der Waals surface area (Å²) in [4.78, 5) is 17.1. The third kappa shape index (κ3) is 4.02. The van der Waals surface area contributed by atoms with Gasteiger partial charge in [0.2, 0.25) is 5.95 Å². The van der Waals surface area contributed by atoms with Crippen molar-refractivity contribution in [3.63, 3.8) is 0 Å². The number of aromatic nitrogens is 2. The third-order valence-electron chi connectivity index (χ3n) is 4.19. The normalized spacial score (nSPS) is 18.3. The van der Waals surface area contributed by atoms with Crippen molar-refractivity contribution in [1.82, 2.24) is 14.9 Å². The van der Waals surface area contributed by atoms with Crippen LogP contribution in [0.1, 0.15) is 11.3 Å². The average Bonchev–Trinajstić information content (AvgIpc) is 3.16. The number of thiophene rings is 1. The van der Waals surface area contributed by atoms with Gasteiger partial charge in [-0.3, -0.25) is 4.90 Å². The van der Waals surface area contributed by atoms with Crippen molar-refractivity contribution in [3.8, 4) is 0 Å². The molecule has 0 N–H and O–H groups in total. The molecular weight excluding hydrogens is 374 g/mol. The molecule has 1 aliphatic rings. The predicted octanol–water partition coefficient (Wildman–Crippen LogP) is 3.08. The summed E-state index contributed by atoms with van der Waals surface area (Å²) in [6.07, 6.45) is 3.01. The first kappa shape index (κ1) is 16.7. The number of nitrogens with zero attached hydrogens (tertiary/aromatic N) is 5. The van der Waals surface area contributed by atoms with Gasteiger partial charge in [-0.25, -0.2) is 4.98 Å². The second-order valence-corrected chi connectivity index (χ2v) is 8.04. The first-order valence-electron chi connectivity index (χ1n) is 7.71. The van der Waals surface area contributed by atoms with Crippen molar-refractivity contribution in [3.05, 3.63) is 33.1 Å². The van der Waals surface area contributed by atoms with Crippen LogP contribution in [0.4, 0.5) is 11.8 Å². The lowest BCUT2D eigenvalue weighted by Gasteiger charge is -2.26. The molecule has 5 nitrogen and oxygen atoms in total. The van der Waals surface area contributed by atoms with Crippen molar-refractivity contribution in [1.29, 1.82) is 0 Å². The molecule has 0 saturated carbocycles. The zero-order valence-electron chi connectivity index (χ0n) is 13.7. The minimum absolute atomic E-state index is 0.503. The molecule has 0 aromatic carbocycles. The van der Waals surface area contributed by atoms with E-state index >= 15 is 0 Å². The number of halogens is 1. The van der Waals surface area contributed by atoms with Gasteiger partial charge in [0.25, 0.3) is 0 Å². The Morgan fingerprint density at radius 3 is 2.91 bits per heavy atom. The lowest BCUT2D eigenvalue weighted by atomic mass is 10.2. The molecule has 1 atom stereocenters. The van der Waals surface area contributed by atoms with Gasteiger partial charge in [0.15, 0.2) is 0 Å². The molecule has 1 saturated heterocycles. The van der Waals surface area contributed by atoms with Crippen LogP contribution in [-0.4, -0.2) is 55.1 Å². The average molecular weight is 396 g/mol. The van der Waals surface area contributed by atoms with Crippen LogP contribution < -0.4 is 9.80 Å². The Bertz CT molecular complexity index is 659. The van der Waals surface area contributed by atoms with Gasteiger partial charge in [-0.05, 0) is 34.5 Å². The Kier molecular flexibility index (Phi) is 5.18. The second kappa shape index (κ2) is 7.15. The van der Waals surface area contributed by atoms with Crippen LogP contribution in [-0.2, 0) is 6.54 Å². The minimum atomic E-state index is 0.503. The summed E-state index contributed by atoms with van der Waals surface area (Å²) in [6.45, 7) is 3.25. The van der Waals surface area contributed by atoms with Crippen molar-refractivity contribution in [2.45, 2.75) is 19.0 Å². The number of hydrogen-bond acceptors (Lipinski definition) is 6. The zero-order valence-corrected chi connectivity index (χ0v) is 16.1. The molecule has 23 heavy (non-hydrogen) atoms. The second-order valence-electron chi connectivity index (χ2n) is 6.13. The molecule has 2 aromatic rings. The molecule has 0 bridgehead atoms. The molecule has 3 heterocycles. The van der Waals surface area contributed by atoms with E-state index < -0.39 is 0 Å². The van der Waals surface area contributed by atoms with E-state index in [0.29, 0.717) is 6.04 Å². The van der Waals surface area contributed by atoms with Crippen LogP contribution in [0.5, 0.6) is 0 Å². The summed E-state index contributed by atoms with van der Waals surface area (Å²) in [5, 5.41) is 2.15. The van der Waals surface area contributed by atoms with Gasteiger partial charge in [0.1, 0.15) is 5.82 Å². The van der Waals surface area contributed by atoms with E-state index in [2.05, 4.69) is 54.2 Å². The number of hydrogen-bond donors (Lipinski definition) is 0. The highest BCUT2D eigenvalue weighted by molar-refractivity contribution is 9.10. The van der Waals surface area contributed by atoms with Gasteiger partial charge in [0.05, 0.1) is 0 Å². The van der Waals surface area contributed by atoms with E-state index in [-0.39, 0.29) is 0 Å². The smallest absolute Gasteiger partial charge is 0.226 e. The van der Waals surface area contributed by atoms with Gasteiger partial charge in [-0.15, -0.1) is 11.3 Å². The van der Waals surface area contributed by atoms with E-state index in [1.165, 1.54) is 15.8 Å². The van der Waals surface area contributed by atoms with Gasteiger partial charge in [-0.2, -0.15) is 4.98 Å². The highest BCUT2D eigenvalue weighted by Crippen LogP contribution is 2.25. The molecule has 0 spiro atoms. The van der Waals surface area contributed by atoms with E-state index in [1.54, 1.807) is 0 Å². The minimum Gasteiger partial charge on any atom is -0.355 e. The van der Waals surface area contributed by atoms with E-state index in [4.69, 9.17) is 0 Å². The molecule has 0 amide bonds. The fourth-order valence-electron chi connectivity index (χ4n) is 2.87. The number of anilines is 2. The molecule has 7 heteroatoms. The van der Waals surface area contributed by atoms with Crippen LogP contribution in [0.15, 0.2) is 28.2 Å². The number of rotatable bonds is 5. The van der Waals surface area contributed by atoms with Gasteiger partial charge >= 0.3 is 0 Å². The van der Waals surface area contributed by atoms with Crippen LogP contribution in [0.2, 0.25) is 0 Å². The van der Waals surface area contributed by atoms with Gasteiger partial charge in [-0.1, -0.05) is 0 Å². The van der Waals surface area contributed by atoms with Crippen LogP contribution in [0.25, 0.3) is 0 Å². The summed E-state index contributed by atoms with van der Waals surface area (Å²) in [6, 6.07) is 4.71. The molecule has 3 rings (SSSR count). The quantitative estimate of drug-likeness (QED) is 0.776. The van der Waals surface area contributed by atoms with Gasteiger partial charge < -0.3 is 9.80 Å². The van der Waals surface area contributed by atoms with Crippen LogP contribution in [0, 0.1) is 0 Å². The SMILES string of the molecule is CN(C)c1nccc(N(C)C2CCN(Cc3cc(Br)cs3)C2)n1. The predicted molar refractivity (Wildman–Crippen MR) is 100 cm³/mol. The molecule has 2 aromatic heterocycles. The van der Waals surface area contributed by atoms with Crippen LogP contribution in [0.3, 0.4) is 0 Å². The topological polar surface area (TPSA) is 35.5 Å². The van der Waals surface area contributed by atoms with E-state index in [0.717, 1.165) is 31.4 Å². The maximum absolute atomic E-state index is 4.65. The van der Waals surface area contributed by atoms with Crippen molar-refractivity contribution >= 4 is 39.0 Å². The fourth-order valence-corrected chi connectivity index (χ4v) is 4.36. The van der Waals surface area contributed by atoms with Crippen molar-refractivity contribution < 1.29 is 0 Å². The molecule has 1 unspecified atom stereocenters. The summed E-state index contributed by atoms with van der Waals surface area (Å²) >= 11 is 5.35. The lowest BCUT2D eigenvalue weighted by Crippen LogP contribution is -2.35. The summed E-state index contributed by atoms with van der Waals surface area (Å²) in [7, 11) is 6.07. The largest absolute Gasteiger partial charge is 0.355 e. The maximum Gasteiger partial charge on any atom is 0.226 e. The van der Waals surface area contributed by atoms with Crippen molar-refractivity contribution in [2.75, 3.05) is 44.0 Å². The Morgan fingerprint density at radius 2 is 2.22 bits per heavy atom. The summed E-state index contributed by atoms with van der Waals surface area (Å²) in [5.74, 6) is 1.75. The maximum atomic E-state index is 4.65. The number of likely N-dealkylation sites (tertiary alicyclic amines) is 1. The van der Waals surface area contributed by atoms with Crippen LogP contribution >= 0.6 is 27.3 Å². The third-order valence-corrected chi connectivity index (χ3v) is 5.87. The summed E-state index contributed by atoms with van der Waals surface area (Å²) < 4.78 is 1.18. The first-order valence-corrected chi connectivity index (χ1v) is 9.38. The Morgan fingerprint density at radius 1 is 1.39 bits per heavy atom. The number of likely N-dealkylation sites (N-methyl/N-ethyl adjacent to an activating group) is 1. The highest BCUT2D eigenvalue weighted by Gasteiger charge is 2.27. The van der Waals surface area contributed by atoms with E-state index in [1.807, 2.05) is 42.6 Å². The van der Waals surface area contributed by atoms with Gasteiger partial charge in [0, 0.05) is 67.7 Å². The first-order chi connectivity index (χ1) is 11.0.